The van der Waals surface area contributed by atoms with E-state index in [2.05, 4.69) is 0 Å². The van der Waals surface area contributed by atoms with Gasteiger partial charge in [-0.15, -0.1) is 0 Å². The molecule has 1 aromatic carbocycles. The Kier molecular flexibility index (Phi) is 3.96. The van der Waals surface area contributed by atoms with Gasteiger partial charge in [0, 0.05) is 0 Å². The van der Waals surface area contributed by atoms with Gasteiger partial charge in [0.1, 0.15) is 11.6 Å². The maximum Gasteiger partial charge on any atom is 0.253 e. The fourth-order valence-electron chi connectivity index (χ4n) is 1.25. The summed E-state index contributed by atoms with van der Waals surface area (Å²) in [5.74, 6) is -0.125. The van der Waals surface area contributed by atoms with E-state index < -0.39 is 18.3 Å². The standard InChI is InChI=1S/C10H12F3NO/c1-15-9-3-2-7(11)4-6(9)5-8(14)10(12)13/h2-4,8,10H,5,14H2,1H3. The maximum absolute atomic E-state index is 12.9. The largest absolute Gasteiger partial charge is 0.496 e. The molecule has 0 saturated carbocycles. The van der Waals surface area contributed by atoms with Crippen molar-refractivity contribution in [3.8, 4) is 5.75 Å². The first kappa shape index (κ1) is 11.8. The van der Waals surface area contributed by atoms with E-state index in [1.807, 2.05) is 0 Å². The molecule has 0 fully saturated rings. The van der Waals surface area contributed by atoms with Gasteiger partial charge >= 0.3 is 0 Å². The van der Waals surface area contributed by atoms with Crippen LogP contribution in [0, 0.1) is 5.82 Å². The first-order chi connectivity index (χ1) is 7.04. The molecule has 1 unspecified atom stereocenters. The summed E-state index contributed by atoms with van der Waals surface area (Å²) >= 11 is 0. The van der Waals surface area contributed by atoms with Gasteiger partial charge in [-0.05, 0) is 30.2 Å². The number of alkyl halides is 2. The fraction of sp³-hybridized carbons (Fsp3) is 0.400. The van der Waals surface area contributed by atoms with Crippen LogP contribution in [-0.4, -0.2) is 19.6 Å². The lowest BCUT2D eigenvalue weighted by atomic mass is 10.1. The van der Waals surface area contributed by atoms with E-state index in [9.17, 15) is 13.2 Å². The van der Waals surface area contributed by atoms with Crippen molar-refractivity contribution in [2.24, 2.45) is 5.73 Å². The minimum atomic E-state index is -2.63. The van der Waals surface area contributed by atoms with Gasteiger partial charge < -0.3 is 10.5 Å². The van der Waals surface area contributed by atoms with Gasteiger partial charge in [0.25, 0.3) is 6.43 Å². The first-order valence-electron chi connectivity index (χ1n) is 4.40. The third kappa shape index (κ3) is 3.13. The Morgan fingerprint density at radius 1 is 1.40 bits per heavy atom. The van der Waals surface area contributed by atoms with Gasteiger partial charge in [0.05, 0.1) is 13.2 Å². The molecule has 0 radical (unpaired) electrons. The number of rotatable bonds is 4. The molecule has 5 heteroatoms. The van der Waals surface area contributed by atoms with Crippen LogP contribution < -0.4 is 10.5 Å². The van der Waals surface area contributed by atoms with Crippen molar-refractivity contribution < 1.29 is 17.9 Å². The van der Waals surface area contributed by atoms with Crippen LogP contribution in [0.2, 0.25) is 0 Å². The highest BCUT2D eigenvalue weighted by Gasteiger charge is 2.18. The van der Waals surface area contributed by atoms with Gasteiger partial charge in [0.2, 0.25) is 0 Å². The van der Waals surface area contributed by atoms with Gasteiger partial charge in [-0.1, -0.05) is 0 Å². The molecule has 0 aliphatic heterocycles. The van der Waals surface area contributed by atoms with Crippen LogP contribution in [0.1, 0.15) is 5.56 Å². The smallest absolute Gasteiger partial charge is 0.253 e. The Morgan fingerprint density at radius 3 is 2.60 bits per heavy atom. The fourth-order valence-corrected chi connectivity index (χ4v) is 1.25. The molecule has 15 heavy (non-hydrogen) atoms. The molecule has 2 nitrogen and oxygen atoms in total. The van der Waals surface area contributed by atoms with Crippen molar-refractivity contribution in [3.05, 3.63) is 29.6 Å². The average molecular weight is 219 g/mol. The highest BCUT2D eigenvalue weighted by atomic mass is 19.3. The van der Waals surface area contributed by atoms with Crippen LogP contribution in [0.5, 0.6) is 5.75 Å². The summed E-state index contributed by atoms with van der Waals surface area (Å²) in [7, 11) is 1.39. The van der Waals surface area contributed by atoms with E-state index >= 15 is 0 Å². The summed E-state index contributed by atoms with van der Waals surface area (Å²) in [5, 5.41) is 0. The molecule has 0 aliphatic rings. The number of nitrogens with two attached hydrogens (primary N) is 1. The van der Waals surface area contributed by atoms with E-state index in [1.165, 1.54) is 19.2 Å². The normalized spacial score (nSPS) is 12.9. The summed E-state index contributed by atoms with van der Waals surface area (Å²) in [6, 6.07) is 2.45. The average Bonchev–Trinajstić information content (AvgIpc) is 2.18. The number of hydrogen-bond donors (Lipinski definition) is 1. The Labute approximate surface area is 85.8 Å². The highest BCUT2D eigenvalue weighted by molar-refractivity contribution is 5.34. The summed E-state index contributed by atoms with van der Waals surface area (Å²) in [4.78, 5) is 0. The van der Waals surface area contributed by atoms with Gasteiger partial charge in [-0.2, -0.15) is 0 Å². The molecule has 84 valence electrons. The van der Waals surface area contributed by atoms with Crippen LogP contribution in [0.4, 0.5) is 13.2 Å². The van der Waals surface area contributed by atoms with E-state index in [0.29, 0.717) is 11.3 Å². The Bertz CT molecular complexity index is 330. The van der Waals surface area contributed by atoms with Crippen LogP contribution >= 0.6 is 0 Å². The Balaban J connectivity index is 2.87. The monoisotopic (exact) mass is 219 g/mol. The minimum Gasteiger partial charge on any atom is -0.496 e. The number of halogens is 3. The molecular formula is C10H12F3NO. The second-order valence-electron chi connectivity index (χ2n) is 3.16. The van der Waals surface area contributed by atoms with Gasteiger partial charge in [-0.25, -0.2) is 13.2 Å². The predicted octanol–water partition coefficient (Wildman–Crippen LogP) is 1.97. The lowest BCUT2D eigenvalue weighted by molar-refractivity contribution is 0.115. The Morgan fingerprint density at radius 2 is 2.07 bits per heavy atom. The van der Waals surface area contributed by atoms with E-state index in [4.69, 9.17) is 10.5 Å². The van der Waals surface area contributed by atoms with E-state index in [1.54, 1.807) is 0 Å². The SMILES string of the molecule is COc1ccc(F)cc1CC(N)C(F)F. The van der Waals surface area contributed by atoms with Crippen molar-refractivity contribution in [1.29, 1.82) is 0 Å². The predicted molar refractivity (Wildman–Crippen MR) is 50.6 cm³/mol. The zero-order chi connectivity index (χ0) is 11.4. The Hall–Kier alpha value is -1.23. The van der Waals surface area contributed by atoms with Crippen LogP contribution in [0.15, 0.2) is 18.2 Å². The zero-order valence-electron chi connectivity index (χ0n) is 8.21. The summed E-state index contributed by atoms with van der Waals surface area (Å²) in [5.41, 5.74) is 5.55. The number of hydrogen-bond acceptors (Lipinski definition) is 2. The molecule has 1 rings (SSSR count). The van der Waals surface area contributed by atoms with Crippen LogP contribution in [-0.2, 0) is 6.42 Å². The minimum absolute atomic E-state index is 0.113. The topological polar surface area (TPSA) is 35.2 Å². The second-order valence-corrected chi connectivity index (χ2v) is 3.16. The molecular weight excluding hydrogens is 207 g/mol. The molecule has 0 heterocycles. The first-order valence-corrected chi connectivity index (χ1v) is 4.40. The lowest BCUT2D eigenvalue weighted by Gasteiger charge is -2.13. The van der Waals surface area contributed by atoms with Gasteiger partial charge in [0.15, 0.2) is 0 Å². The second kappa shape index (κ2) is 5.02. The highest BCUT2D eigenvalue weighted by Crippen LogP contribution is 2.21. The number of ether oxygens (including phenoxy) is 1. The summed E-state index contributed by atoms with van der Waals surface area (Å²) < 4.78 is 42.1. The van der Waals surface area contributed by atoms with E-state index in [0.717, 1.165) is 6.07 Å². The van der Waals surface area contributed by atoms with Crippen molar-refractivity contribution >= 4 is 0 Å². The van der Waals surface area contributed by atoms with Crippen molar-refractivity contribution in [2.75, 3.05) is 7.11 Å². The molecule has 2 N–H and O–H groups in total. The van der Waals surface area contributed by atoms with Crippen molar-refractivity contribution in [3.63, 3.8) is 0 Å². The van der Waals surface area contributed by atoms with Crippen LogP contribution in [0.25, 0.3) is 0 Å². The quantitative estimate of drug-likeness (QED) is 0.840. The third-order valence-corrected chi connectivity index (χ3v) is 2.02. The number of benzene rings is 1. The molecule has 0 aliphatic carbocycles. The van der Waals surface area contributed by atoms with Crippen molar-refractivity contribution in [1.82, 2.24) is 0 Å². The summed E-state index contributed by atoms with van der Waals surface area (Å²) in [6.45, 7) is 0. The molecule has 0 aromatic heterocycles. The van der Waals surface area contributed by atoms with Crippen molar-refractivity contribution in [2.45, 2.75) is 18.9 Å². The number of methoxy groups -OCH3 is 1. The molecule has 0 spiro atoms. The molecule has 1 aromatic rings. The summed E-state index contributed by atoms with van der Waals surface area (Å²) in [6.07, 6.45) is -2.74. The van der Waals surface area contributed by atoms with Gasteiger partial charge in [-0.3, -0.25) is 0 Å². The molecule has 1 atom stereocenters. The molecule has 0 amide bonds. The van der Waals surface area contributed by atoms with E-state index in [-0.39, 0.29) is 6.42 Å². The molecule has 0 saturated heterocycles. The third-order valence-electron chi connectivity index (χ3n) is 2.02. The lowest BCUT2D eigenvalue weighted by Crippen LogP contribution is -2.31. The zero-order valence-corrected chi connectivity index (χ0v) is 8.21. The van der Waals surface area contributed by atoms with Crippen LogP contribution in [0.3, 0.4) is 0 Å². The maximum atomic E-state index is 12.9. The molecule has 0 bridgehead atoms.